The molecule has 0 unspecified atom stereocenters. The molecule has 118 valence electrons. The van der Waals surface area contributed by atoms with Gasteiger partial charge in [-0.05, 0) is 32.0 Å². The van der Waals surface area contributed by atoms with Gasteiger partial charge in [-0.2, -0.15) is 0 Å². The van der Waals surface area contributed by atoms with E-state index in [0.29, 0.717) is 12.1 Å². The minimum Gasteiger partial charge on any atom is -0.348 e. The molecule has 2 heterocycles. The summed E-state index contributed by atoms with van der Waals surface area (Å²) in [5.41, 5.74) is 4.62. The SMILES string of the molecule is Cc1nc(-c2ccccc2)ccc1C(=O)NCC1=CCNCC1. The molecule has 4 nitrogen and oxygen atoms in total. The number of hydrogen-bond donors (Lipinski definition) is 2. The van der Waals surface area contributed by atoms with Gasteiger partial charge in [0, 0.05) is 18.7 Å². The molecule has 2 aromatic rings. The number of hydrogen-bond acceptors (Lipinski definition) is 3. The van der Waals surface area contributed by atoms with Crippen LogP contribution in [0.4, 0.5) is 0 Å². The molecule has 2 N–H and O–H groups in total. The highest BCUT2D eigenvalue weighted by Gasteiger charge is 2.12. The van der Waals surface area contributed by atoms with Crippen LogP contribution in [0.2, 0.25) is 0 Å². The predicted molar refractivity (Wildman–Crippen MR) is 92.3 cm³/mol. The third-order valence-corrected chi connectivity index (χ3v) is 4.03. The van der Waals surface area contributed by atoms with Crippen LogP contribution >= 0.6 is 0 Å². The molecule has 1 aromatic heterocycles. The van der Waals surface area contributed by atoms with E-state index in [1.807, 2.05) is 49.4 Å². The van der Waals surface area contributed by atoms with Crippen molar-refractivity contribution in [1.29, 1.82) is 0 Å². The fourth-order valence-corrected chi connectivity index (χ4v) is 2.69. The number of aromatic nitrogens is 1. The predicted octanol–water partition coefficient (Wildman–Crippen LogP) is 2.71. The molecule has 0 saturated carbocycles. The third kappa shape index (κ3) is 3.85. The molecule has 0 atom stereocenters. The summed E-state index contributed by atoms with van der Waals surface area (Å²) in [4.78, 5) is 16.9. The molecule has 23 heavy (non-hydrogen) atoms. The van der Waals surface area contributed by atoms with Crippen LogP contribution in [-0.4, -0.2) is 30.5 Å². The Bertz CT molecular complexity index is 723. The number of benzene rings is 1. The minimum atomic E-state index is -0.0611. The summed E-state index contributed by atoms with van der Waals surface area (Å²) in [6.07, 6.45) is 3.14. The molecule has 1 aromatic carbocycles. The van der Waals surface area contributed by atoms with Crippen molar-refractivity contribution in [3.63, 3.8) is 0 Å². The molecule has 0 aliphatic carbocycles. The zero-order valence-corrected chi connectivity index (χ0v) is 13.3. The molecule has 3 rings (SSSR count). The van der Waals surface area contributed by atoms with E-state index in [-0.39, 0.29) is 5.91 Å². The van der Waals surface area contributed by atoms with Gasteiger partial charge >= 0.3 is 0 Å². The first-order chi connectivity index (χ1) is 11.2. The molecule has 1 aliphatic rings. The maximum absolute atomic E-state index is 12.4. The van der Waals surface area contributed by atoms with Gasteiger partial charge in [0.05, 0.1) is 17.0 Å². The monoisotopic (exact) mass is 307 g/mol. The number of carbonyl (C=O) groups excluding carboxylic acids is 1. The maximum Gasteiger partial charge on any atom is 0.253 e. The van der Waals surface area contributed by atoms with Crippen LogP contribution in [-0.2, 0) is 0 Å². The Balaban J connectivity index is 1.70. The molecule has 0 fully saturated rings. The second kappa shape index (κ2) is 7.20. The van der Waals surface area contributed by atoms with Crippen molar-refractivity contribution in [2.24, 2.45) is 0 Å². The lowest BCUT2D eigenvalue weighted by molar-refractivity contribution is 0.0955. The van der Waals surface area contributed by atoms with E-state index in [9.17, 15) is 4.79 Å². The van der Waals surface area contributed by atoms with Crippen LogP contribution in [0.5, 0.6) is 0 Å². The Labute approximate surface area is 136 Å². The van der Waals surface area contributed by atoms with Gasteiger partial charge in [-0.15, -0.1) is 0 Å². The molecular weight excluding hydrogens is 286 g/mol. The van der Waals surface area contributed by atoms with E-state index in [2.05, 4.69) is 21.7 Å². The number of carbonyl (C=O) groups is 1. The number of aryl methyl sites for hydroxylation is 1. The Hall–Kier alpha value is -2.46. The van der Waals surface area contributed by atoms with Crippen LogP contribution in [0.25, 0.3) is 11.3 Å². The summed E-state index contributed by atoms with van der Waals surface area (Å²) in [7, 11) is 0. The summed E-state index contributed by atoms with van der Waals surface area (Å²) in [6, 6.07) is 13.8. The average molecular weight is 307 g/mol. The van der Waals surface area contributed by atoms with Crippen molar-refractivity contribution in [3.05, 3.63) is 65.4 Å². The van der Waals surface area contributed by atoms with Crippen molar-refractivity contribution in [2.75, 3.05) is 19.6 Å². The minimum absolute atomic E-state index is 0.0611. The molecule has 0 saturated heterocycles. The Morgan fingerprint density at radius 3 is 2.74 bits per heavy atom. The van der Waals surface area contributed by atoms with Gasteiger partial charge in [-0.1, -0.05) is 42.0 Å². The van der Waals surface area contributed by atoms with Crippen molar-refractivity contribution >= 4 is 5.91 Å². The molecule has 4 heteroatoms. The second-order valence-electron chi connectivity index (χ2n) is 5.69. The Morgan fingerprint density at radius 2 is 2.04 bits per heavy atom. The fraction of sp³-hybridized carbons (Fsp3) is 0.263. The topological polar surface area (TPSA) is 54.0 Å². The molecule has 0 bridgehead atoms. The number of nitrogens with zero attached hydrogens (tertiary/aromatic N) is 1. The van der Waals surface area contributed by atoms with E-state index >= 15 is 0 Å². The van der Waals surface area contributed by atoms with Gasteiger partial charge in [-0.3, -0.25) is 9.78 Å². The first-order valence-electron chi connectivity index (χ1n) is 7.94. The molecule has 0 spiro atoms. The summed E-state index contributed by atoms with van der Waals surface area (Å²) in [6.45, 7) is 4.36. The zero-order valence-electron chi connectivity index (χ0n) is 13.3. The Morgan fingerprint density at radius 1 is 1.22 bits per heavy atom. The molecule has 1 aliphatic heterocycles. The second-order valence-corrected chi connectivity index (χ2v) is 5.69. The van der Waals surface area contributed by atoms with Gasteiger partial charge in [0.25, 0.3) is 5.91 Å². The van der Waals surface area contributed by atoms with Crippen molar-refractivity contribution < 1.29 is 4.79 Å². The number of pyridine rings is 1. The fourth-order valence-electron chi connectivity index (χ4n) is 2.69. The maximum atomic E-state index is 12.4. The lowest BCUT2D eigenvalue weighted by Crippen LogP contribution is -2.30. The molecular formula is C19H21N3O. The molecule has 0 radical (unpaired) electrons. The van der Waals surface area contributed by atoms with Crippen LogP contribution in [0.3, 0.4) is 0 Å². The van der Waals surface area contributed by atoms with Gasteiger partial charge in [-0.25, -0.2) is 0 Å². The summed E-state index contributed by atoms with van der Waals surface area (Å²) in [5.74, 6) is -0.0611. The van der Waals surface area contributed by atoms with E-state index < -0.39 is 0 Å². The average Bonchev–Trinajstić information content (AvgIpc) is 2.61. The zero-order chi connectivity index (χ0) is 16.1. The summed E-state index contributed by atoms with van der Waals surface area (Å²) >= 11 is 0. The standard InChI is InChI=1S/C19H21N3O/c1-14-17(19(23)21-13-15-9-11-20-12-10-15)7-8-18(22-14)16-5-3-2-4-6-16/h2-9,20H,10-13H2,1H3,(H,21,23). The van der Waals surface area contributed by atoms with Crippen LogP contribution in [0.1, 0.15) is 22.5 Å². The number of nitrogens with one attached hydrogen (secondary N) is 2. The summed E-state index contributed by atoms with van der Waals surface area (Å²) in [5, 5.41) is 6.26. The Kier molecular flexibility index (Phi) is 4.83. The lowest BCUT2D eigenvalue weighted by atomic mass is 10.1. The highest BCUT2D eigenvalue weighted by atomic mass is 16.1. The van der Waals surface area contributed by atoms with Crippen LogP contribution in [0, 0.1) is 6.92 Å². The van der Waals surface area contributed by atoms with E-state index in [4.69, 9.17) is 0 Å². The first kappa shape index (κ1) is 15.4. The summed E-state index contributed by atoms with van der Waals surface area (Å²) < 4.78 is 0. The lowest BCUT2D eigenvalue weighted by Gasteiger charge is -2.15. The largest absolute Gasteiger partial charge is 0.348 e. The van der Waals surface area contributed by atoms with Crippen LogP contribution < -0.4 is 10.6 Å². The normalized spacial score (nSPS) is 14.2. The van der Waals surface area contributed by atoms with Gasteiger partial charge in [0.2, 0.25) is 0 Å². The number of rotatable bonds is 4. The first-order valence-corrected chi connectivity index (χ1v) is 7.94. The van der Waals surface area contributed by atoms with E-state index in [1.165, 1.54) is 5.57 Å². The van der Waals surface area contributed by atoms with Gasteiger partial charge < -0.3 is 10.6 Å². The highest BCUT2D eigenvalue weighted by molar-refractivity contribution is 5.95. The van der Waals surface area contributed by atoms with Gasteiger partial charge in [0.1, 0.15) is 0 Å². The quantitative estimate of drug-likeness (QED) is 0.854. The van der Waals surface area contributed by atoms with Crippen molar-refractivity contribution in [3.8, 4) is 11.3 Å². The highest BCUT2D eigenvalue weighted by Crippen LogP contribution is 2.18. The molecule has 1 amide bonds. The number of amides is 1. The smallest absolute Gasteiger partial charge is 0.253 e. The van der Waals surface area contributed by atoms with E-state index in [0.717, 1.165) is 36.5 Å². The van der Waals surface area contributed by atoms with Crippen molar-refractivity contribution in [1.82, 2.24) is 15.6 Å². The van der Waals surface area contributed by atoms with E-state index in [1.54, 1.807) is 0 Å². The van der Waals surface area contributed by atoms with Crippen LogP contribution in [0.15, 0.2) is 54.1 Å². The van der Waals surface area contributed by atoms with Crippen molar-refractivity contribution in [2.45, 2.75) is 13.3 Å². The third-order valence-electron chi connectivity index (χ3n) is 4.03. The van der Waals surface area contributed by atoms with Gasteiger partial charge in [0.15, 0.2) is 0 Å².